The van der Waals surface area contributed by atoms with Crippen molar-refractivity contribution in [2.24, 2.45) is 17.8 Å². The van der Waals surface area contributed by atoms with Gasteiger partial charge in [-0.15, -0.1) is 0 Å². The van der Waals surface area contributed by atoms with Crippen LogP contribution in [0.1, 0.15) is 18.4 Å². The third kappa shape index (κ3) is 2.43. The van der Waals surface area contributed by atoms with Gasteiger partial charge in [0.05, 0.1) is 5.92 Å². The standard InChI is InChI=1S/C17H20N2O2/c20-16-7-15(17(21)19-9-13-6-14(13)10-19)11-18(16)8-12-4-2-1-3-5-12/h1-5,13-15H,6-11H2. The fourth-order valence-corrected chi connectivity index (χ4v) is 3.73. The van der Waals surface area contributed by atoms with Crippen LogP contribution in [0.3, 0.4) is 0 Å². The highest BCUT2D eigenvalue weighted by molar-refractivity contribution is 5.89. The number of nitrogens with zero attached hydrogens (tertiary/aromatic N) is 2. The Morgan fingerprint density at radius 2 is 1.81 bits per heavy atom. The van der Waals surface area contributed by atoms with Gasteiger partial charge in [-0.05, 0) is 23.8 Å². The summed E-state index contributed by atoms with van der Waals surface area (Å²) in [6, 6.07) is 9.98. The number of hydrogen-bond acceptors (Lipinski definition) is 2. The van der Waals surface area contributed by atoms with Gasteiger partial charge in [0, 0.05) is 32.6 Å². The average molecular weight is 284 g/mol. The fourth-order valence-electron chi connectivity index (χ4n) is 3.73. The summed E-state index contributed by atoms with van der Waals surface area (Å²) in [7, 11) is 0. The molecule has 1 aliphatic carbocycles. The Labute approximate surface area is 124 Å². The topological polar surface area (TPSA) is 40.6 Å². The molecule has 110 valence electrons. The third-order valence-electron chi connectivity index (χ3n) is 5.07. The molecule has 0 bridgehead atoms. The Balaban J connectivity index is 1.38. The van der Waals surface area contributed by atoms with Crippen molar-refractivity contribution in [2.75, 3.05) is 19.6 Å². The van der Waals surface area contributed by atoms with Gasteiger partial charge in [0.2, 0.25) is 11.8 Å². The highest BCUT2D eigenvalue weighted by Crippen LogP contribution is 2.45. The van der Waals surface area contributed by atoms with Crippen LogP contribution in [-0.2, 0) is 16.1 Å². The van der Waals surface area contributed by atoms with Crippen LogP contribution in [0.5, 0.6) is 0 Å². The fraction of sp³-hybridized carbons (Fsp3) is 0.529. The number of amides is 2. The Bertz CT molecular complexity index is 561. The van der Waals surface area contributed by atoms with Gasteiger partial charge in [-0.1, -0.05) is 30.3 Å². The molecule has 0 spiro atoms. The van der Waals surface area contributed by atoms with E-state index in [-0.39, 0.29) is 17.7 Å². The molecule has 1 aromatic rings. The van der Waals surface area contributed by atoms with Crippen molar-refractivity contribution < 1.29 is 9.59 Å². The Hall–Kier alpha value is -1.84. The lowest BCUT2D eigenvalue weighted by molar-refractivity contribution is -0.135. The van der Waals surface area contributed by atoms with E-state index in [1.807, 2.05) is 40.1 Å². The summed E-state index contributed by atoms with van der Waals surface area (Å²) >= 11 is 0. The second-order valence-electron chi connectivity index (χ2n) is 6.66. The number of hydrogen-bond donors (Lipinski definition) is 0. The maximum Gasteiger partial charge on any atom is 0.228 e. The minimum Gasteiger partial charge on any atom is -0.342 e. The van der Waals surface area contributed by atoms with Crippen molar-refractivity contribution in [1.82, 2.24) is 9.80 Å². The predicted octanol–water partition coefficient (Wildman–Crippen LogP) is 1.51. The average Bonchev–Trinajstić information content (AvgIpc) is 2.93. The van der Waals surface area contributed by atoms with Crippen LogP contribution in [0.25, 0.3) is 0 Å². The van der Waals surface area contributed by atoms with Crippen LogP contribution >= 0.6 is 0 Å². The lowest BCUT2D eigenvalue weighted by Crippen LogP contribution is -2.36. The zero-order valence-electron chi connectivity index (χ0n) is 12.1. The molecule has 3 fully saturated rings. The lowest BCUT2D eigenvalue weighted by Gasteiger charge is -2.22. The van der Waals surface area contributed by atoms with E-state index in [1.165, 1.54) is 6.42 Å². The second-order valence-corrected chi connectivity index (χ2v) is 6.66. The molecule has 4 rings (SSSR count). The van der Waals surface area contributed by atoms with Crippen LogP contribution < -0.4 is 0 Å². The number of carbonyl (C=O) groups is 2. The van der Waals surface area contributed by atoms with Gasteiger partial charge in [-0.25, -0.2) is 0 Å². The van der Waals surface area contributed by atoms with Crippen molar-refractivity contribution in [2.45, 2.75) is 19.4 Å². The molecule has 0 aromatic heterocycles. The quantitative estimate of drug-likeness (QED) is 0.844. The monoisotopic (exact) mass is 284 g/mol. The smallest absolute Gasteiger partial charge is 0.228 e. The Kier molecular flexibility index (Phi) is 2.98. The van der Waals surface area contributed by atoms with Gasteiger partial charge in [0.15, 0.2) is 0 Å². The molecular formula is C17H20N2O2. The molecule has 4 heteroatoms. The molecule has 1 aromatic carbocycles. The molecular weight excluding hydrogens is 264 g/mol. The summed E-state index contributed by atoms with van der Waals surface area (Å²) < 4.78 is 0. The van der Waals surface area contributed by atoms with E-state index in [2.05, 4.69) is 0 Å². The third-order valence-corrected chi connectivity index (χ3v) is 5.07. The van der Waals surface area contributed by atoms with E-state index < -0.39 is 0 Å². The molecule has 21 heavy (non-hydrogen) atoms. The van der Waals surface area contributed by atoms with Gasteiger partial charge in [-0.2, -0.15) is 0 Å². The highest BCUT2D eigenvalue weighted by Gasteiger charge is 2.48. The molecule has 1 saturated carbocycles. The zero-order chi connectivity index (χ0) is 14.4. The number of likely N-dealkylation sites (tertiary alicyclic amines) is 2. The summed E-state index contributed by atoms with van der Waals surface area (Å²) in [5.74, 6) is 1.70. The maximum atomic E-state index is 12.5. The van der Waals surface area contributed by atoms with Gasteiger partial charge in [0.1, 0.15) is 0 Å². The summed E-state index contributed by atoms with van der Waals surface area (Å²) in [4.78, 5) is 28.5. The lowest BCUT2D eigenvalue weighted by atomic mass is 10.1. The normalized spacial score (nSPS) is 30.7. The molecule has 2 amide bonds. The van der Waals surface area contributed by atoms with Crippen molar-refractivity contribution in [3.8, 4) is 0 Å². The highest BCUT2D eigenvalue weighted by atomic mass is 16.2. The summed E-state index contributed by atoms with van der Waals surface area (Å²) in [5, 5.41) is 0. The molecule has 2 aliphatic heterocycles. The molecule has 3 atom stereocenters. The second kappa shape index (κ2) is 4.86. The minimum atomic E-state index is -0.126. The molecule has 0 N–H and O–H groups in total. The van der Waals surface area contributed by atoms with Gasteiger partial charge < -0.3 is 9.80 Å². The van der Waals surface area contributed by atoms with E-state index in [4.69, 9.17) is 0 Å². The Morgan fingerprint density at radius 3 is 2.52 bits per heavy atom. The van der Waals surface area contributed by atoms with E-state index >= 15 is 0 Å². The van der Waals surface area contributed by atoms with Crippen molar-refractivity contribution in [3.63, 3.8) is 0 Å². The van der Waals surface area contributed by atoms with Crippen LogP contribution in [0.4, 0.5) is 0 Å². The summed E-state index contributed by atoms with van der Waals surface area (Å²) in [6.45, 7) is 3.05. The molecule has 2 heterocycles. The van der Waals surface area contributed by atoms with E-state index in [9.17, 15) is 9.59 Å². The number of piperidine rings is 1. The van der Waals surface area contributed by atoms with Crippen molar-refractivity contribution >= 4 is 11.8 Å². The van der Waals surface area contributed by atoms with Gasteiger partial charge >= 0.3 is 0 Å². The first-order valence-electron chi connectivity index (χ1n) is 7.81. The van der Waals surface area contributed by atoms with Crippen LogP contribution in [0.2, 0.25) is 0 Å². The first-order valence-corrected chi connectivity index (χ1v) is 7.81. The summed E-state index contributed by atoms with van der Waals surface area (Å²) in [5.41, 5.74) is 1.13. The minimum absolute atomic E-state index is 0.113. The zero-order valence-corrected chi connectivity index (χ0v) is 12.1. The number of fused-ring (bicyclic) bond motifs is 1. The molecule has 4 nitrogen and oxygen atoms in total. The number of carbonyl (C=O) groups excluding carboxylic acids is 2. The van der Waals surface area contributed by atoms with Crippen LogP contribution in [0.15, 0.2) is 30.3 Å². The van der Waals surface area contributed by atoms with E-state index in [0.29, 0.717) is 19.5 Å². The molecule has 0 radical (unpaired) electrons. The molecule has 3 aliphatic rings. The molecule has 3 unspecified atom stereocenters. The summed E-state index contributed by atoms with van der Waals surface area (Å²) in [6.07, 6.45) is 1.69. The number of rotatable bonds is 3. The van der Waals surface area contributed by atoms with E-state index in [0.717, 1.165) is 30.5 Å². The SMILES string of the molecule is O=C1CC(C(=O)N2CC3CC3C2)CN1Cc1ccccc1. The van der Waals surface area contributed by atoms with Crippen molar-refractivity contribution in [1.29, 1.82) is 0 Å². The van der Waals surface area contributed by atoms with Gasteiger partial charge in [-0.3, -0.25) is 9.59 Å². The van der Waals surface area contributed by atoms with Crippen LogP contribution in [0, 0.1) is 17.8 Å². The molecule has 2 saturated heterocycles. The van der Waals surface area contributed by atoms with Crippen LogP contribution in [-0.4, -0.2) is 41.2 Å². The first kappa shape index (κ1) is 12.9. The maximum absolute atomic E-state index is 12.5. The Morgan fingerprint density at radius 1 is 1.10 bits per heavy atom. The van der Waals surface area contributed by atoms with Crippen molar-refractivity contribution in [3.05, 3.63) is 35.9 Å². The van der Waals surface area contributed by atoms with E-state index in [1.54, 1.807) is 0 Å². The largest absolute Gasteiger partial charge is 0.342 e. The van der Waals surface area contributed by atoms with Gasteiger partial charge in [0.25, 0.3) is 0 Å². The predicted molar refractivity (Wildman–Crippen MR) is 78.1 cm³/mol. The number of benzene rings is 1. The first-order chi connectivity index (χ1) is 10.2.